The predicted octanol–water partition coefficient (Wildman–Crippen LogP) is 2.28. The molecule has 2 aromatic heterocycles. The third-order valence-corrected chi connectivity index (χ3v) is 5.83. The van der Waals surface area contributed by atoms with Crippen molar-refractivity contribution in [2.45, 2.75) is 31.7 Å². The maximum absolute atomic E-state index is 12.7. The molecule has 0 N–H and O–H groups in total. The number of rotatable bonds is 2. The van der Waals surface area contributed by atoms with Crippen molar-refractivity contribution in [3.05, 3.63) is 22.4 Å². The monoisotopic (exact) mass is 352 g/mol. The van der Waals surface area contributed by atoms with Crippen LogP contribution in [0.3, 0.4) is 0 Å². The minimum atomic E-state index is -0.259. The summed E-state index contributed by atoms with van der Waals surface area (Å²) >= 11 is 7.67. The molecule has 0 aromatic carbocycles. The first-order valence-electron chi connectivity index (χ1n) is 7.85. The van der Waals surface area contributed by atoms with E-state index in [1.54, 1.807) is 15.5 Å². The lowest BCUT2D eigenvalue weighted by molar-refractivity contribution is -0.137. The molecule has 0 radical (unpaired) electrons. The number of hydrogen-bond donors (Lipinski definition) is 0. The quantitative estimate of drug-likeness (QED) is 0.833. The van der Waals surface area contributed by atoms with Crippen LogP contribution in [0.2, 0.25) is 5.15 Å². The van der Waals surface area contributed by atoms with E-state index in [0.717, 1.165) is 12.8 Å². The van der Waals surface area contributed by atoms with Crippen LogP contribution in [0.1, 0.15) is 36.2 Å². The molecule has 6 nitrogen and oxygen atoms in total. The molecule has 0 unspecified atom stereocenters. The number of piperazine rings is 1. The topological polar surface area (TPSA) is 57.9 Å². The summed E-state index contributed by atoms with van der Waals surface area (Å²) in [5.41, 5.74) is 0.237. The van der Waals surface area contributed by atoms with Crippen LogP contribution in [0.25, 0.3) is 4.96 Å². The molecule has 122 valence electrons. The number of aromatic nitrogens is 2. The number of thiazole rings is 1. The van der Waals surface area contributed by atoms with E-state index in [0.29, 0.717) is 29.2 Å². The fourth-order valence-electron chi connectivity index (χ4n) is 3.51. The Kier molecular flexibility index (Phi) is 3.77. The fraction of sp³-hybridized carbons (Fsp3) is 0.533. The molecular formula is C15H17ClN4O2S. The Morgan fingerprint density at radius 2 is 2.09 bits per heavy atom. The molecule has 0 bridgehead atoms. The van der Waals surface area contributed by atoms with Gasteiger partial charge in [-0.05, 0) is 12.8 Å². The van der Waals surface area contributed by atoms with Crippen LogP contribution in [0, 0.1) is 0 Å². The molecule has 2 amide bonds. The second-order valence-electron chi connectivity index (χ2n) is 6.06. The number of fused-ring (bicyclic) bond motifs is 1. The number of imidazole rings is 1. The van der Waals surface area contributed by atoms with Gasteiger partial charge in [0.1, 0.15) is 11.7 Å². The van der Waals surface area contributed by atoms with Gasteiger partial charge in [0.25, 0.3) is 5.91 Å². The van der Waals surface area contributed by atoms with E-state index in [9.17, 15) is 9.59 Å². The largest absolute Gasteiger partial charge is 0.336 e. The first-order chi connectivity index (χ1) is 11.1. The smallest absolute Gasteiger partial charge is 0.276 e. The van der Waals surface area contributed by atoms with Crippen LogP contribution in [-0.4, -0.2) is 56.7 Å². The highest BCUT2D eigenvalue weighted by Crippen LogP contribution is 2.26. The fourth-order valence-corrected chi connectivity index (χ4v) is 4.53. The summed E-state index contributed by atoms with van der Waals surface area (Å²) in [5.74, 6) is -0.223. The Labute approximate surface area is 142 Å². The van der Waals surface area contributed by atoms with E-state index >= 15 is 0 Å². The molecular weight excluding hydrogens is 336 g/mol. The molecule has 2 aliphatic rings. The summed E-state index contributed by atoms with van der Waals surface area (Å²) in [6.45, 7) is 1.27. The number of halogens is 1. The van der Waals surface area contributed by atoms with Crippen molar-refractivity contribution in [2.24, 2.45) is 0 Å². The molecule has 2 fully saturated rings. The lowest BCUT2D eigenvalue weighted by Crippen LogP contribution is -2.55. The summed E-state index contributed by atoms with van der Waals surface area (Å²) in [7, 11) is 0. The highest BCUT2D eigenvalue weighted by Gasteiger charge is 2.34. The van der Waals surface area contributed by atoms with Crippen molar-refractivity contribution < 1.29 is 9.59 Å². The Hall–Kier alpha value is -1.60. The highest BCUT2D eigenvalue weighted by molar-refractivity contribution is 7.15. The second kappa shape index (κ2) is 5.79. The van der Waals surface area contributed by atoms with Crippen molar-refractivity contribution in [3.63, 3.8) is 0 Å². The van der Waals surface area contributed by atoms with E-state index in [-0.39, 0.29) is 24.1 Å². The van der Waals surface area contributed by atoms with Gasteiger partial charge < -0.3 is 9.80 Å². The zero-order valence-electron chi connectivity index (χ0n) is 12.6. The van der Waals surface area contributed by atoms with Crippen molar-refractivity contribution in [1.29, 1.82) is 0 Å². The highest BCUT2D eigenvalue weighted by atomic mass is 35.5. The molecule has 1 saturated carbocycles. The van der Waals surface area contributed by atoms with Crippen LogP contribution >= 0.6 is 22.9 Å². The number of nitrogens with zero attached hydrogens (tertiary/aromatic N) is 4. The van der Waals surface area contributed by atoms with E-state index in [2.05, 4.69) is 4.98 Å². The molecule has 3 heterocycles. The van der Waals surface area contributed by atoms with Gasteiger partial charge in [0.2, 0.25) is 5.91 Å². The van der Waals surface area contributed by atoms with Crippen molar-refractivity contribution in [3.8, 4) is 0 Å². The Morgan fingerprint density at radius 1 is 1.30 bits per heavy atom. The maximum atomic E-state index is 12.7. The van der Waals surface area contributed by atoms with Gasteiger partial charge in [-0.2, -0.15) is 0 Å². The average Bonchev–Trinajstić information content (AvgIpc) is 3.26. The predicted molar refractivity (Wildman–Crippen MR) is 88.0 cm³/mol. The number of carbonyl (C=O) groups is 2. The Bertz CT molecular complexity index is 765. The molecule has 2 aromatic rings. The van der Waals surface area contributed by atoms with Crippen molar-refractivity contribution >= 4 is 39.7 Å². The minimum Gasteiger partial charge on any atom is -0.336 e. The molecule has 1 saturated heterocycles. The summed E-state index contributed by atoms with van der Waals surface area (Å²) < 4.78 is 1.69. The maximum Gasteiger partial charge on any atom is 0.276 e. The zero-order chi connectivity index (χ0) is 16.0. The van der Waals surface area contributed by atoms with Crippen molar-refractivity contribution in [2.75, 3.05) is 19.6 Å². The van der Waals surface area contributed by atoms with E-state index in [4.69, 9.17) is 11.6 Å². The number of carbonyl (C=O) groups excluding carboxylic acids is 2. The third kappa shape index (κ3) is 2.52. The normalized spacial score (nSPS) is 20.0. The van der Waals surface area contributed by atoms with Crippen LogP contribution in [-0.2, 0) is 4.79 Å². The van der Waals surface area contributed by atoms with Crippen LogP contribution in [0.4, 0.5) is 0 Å². The molecule has 23 heavy (non-hydrogen) atoms. The standard InChI is InChI=1S/C15H17ClN4O2S/c16-13-12(17-15-20(13)7-8-23-15)14(22)18-5-6-19(11(21)9-18)10-3-1-2-4-10/h7-8,10H,1-6,9H2. The SMILES string of the molecule is O=C(c1nc2sccn2c1Cl)N1CCN(C2CCCC2)C(=O)C1. The summed E-state index contributed by atoms with van der Waals surface area (Å²) in [6, 6.07) is 0.362. The molecule has 4 rings (SSSR count). The first-order valence-corrected chi connectivity index (χ1v) is 9.10. The van der Waals surface area contributed by atoms with E-state index in [1.165, 1.54) is 24.2 Å². The molecule has 8 heteroatoms. The molecule has 0 spiro atoms. The molecule has 0 atom stereocenters. The van der Waals surface area contributed by atoms with Crippen molar-refractivity contribution in [1.82, 2.24) is 19.2 Å². The zero-order valence-corrected chi connectivity index (χ0v) is 14.1. The molecule has 1 aliphatic heterocycles. The van der Waals surface area contributed by atoms with Gasteiger partial charge in [-0.25, -0.2) is 4.98 Å². The van der Waals surface area contributed by atoms with E-state index < -0.39 is 0 Å². The Morgan fingerprint density at radius 3 is 2.78 bits per heavy atom. The van der Waals surface area contributed by atoms with Gasteiger partial charge in [0.05, 0.1) is 0 Å². The van der Waals surface area contributed by atoms with Crippen LogP contribution < -0.4 is 0 Å². The lowest BCUT2D eigenvalue weighted by Gasteiger charge is -2.37. The molecule has 1 aliphatic carbocycles. The summed E-state index contributed by atoms with van der Waals surface area (Å²) in [6.07, 6.45) is 6.34. The Balaban J connectivity index is 1.50. The van der Waals surface area contributed by atoms with Gasteiger partial charge in [0, 0.05) is 30.7 Å². The van der Waals surface area contributed by atoms with Gasteiger partial charge >= 0.3 is 0 Å². The number of amides is 2. The third-order valence-electron chi connectivity index (χ3n) is 4.72. The van der Waals surface area contributed by atoms with Gasteiger partial charge in [-0.1, -0.05) is 24.4 Å². The first kappa shape index (κ1) is 15.0. The van der Waals surface area contributed by atoms with Crippen LogP contribution in [0.5, 0.6) is 0 Å². The second-order valence-corrected chi connectivity index (χ2v) is 7.29. The lowest BCUT2D eigenvalue weighted by atomic mass is 10.1. The average molecular weight is 353 g/mol. The van der Waals surface area contributed by atoms with Crippen LogP contribution in [0.15, 0.2) is 11.6 Å². The number of hydrogen-bond acceptors (Lipinski definition) is 4. The summed E-state index contributed by atoms with van der Waals surface area (Å²) in [5, 5.41) is 2.18. The van der Waals surface area contributed by atoms with Gasteiger partial charge in [0.15, 0.2) is 10.7 Å². The van der Waals surface area contributed by atoms with Gasteiger partial charge in [-0.3, -0.25) is 14.0 Å². The van der Waals surface area contributed by atoms with E-state index in [1.807, 2.05) is 10.3 Å². The summed E-state index contributed by atoms with van der Waals surface area (Å²) in [4.78, 5) is 33.6. The van der Waals surface area contributed by atoms with Gasteiger partial charge in [-0.15, -0.1) is 11.3 Å². The minimum absolute atomic E-state index is 0.0358.